The van der Waals surface area contributed by atoms with Crippen LogP contribution in [0.5, 0.6) is 0 Å². The lowest BCUT2D eigenvalue weighted by molar-refractivity contribution is 0.608. The van der Waals surface area contributed by atoms with Crippen LogP contribution in [0.4, 0.5) is 4.39 Å². The largest absolute Gasteiger partial charge is 0.258 e. The zero-order valence-corrected chi connectivity index (χ0v) is 16.3. The van der Waals surface area contributed by atoms with E-state index in [-0.39, 0.29) is 5.82 Å². The van der Waals surface area contributed by atoms with Gasteiger partial charge < -0.3 is 0 Å². The van der Waals surface area contributed by atoms with Crippen molar-refractivity contribution in [3.05, 3.63) is 93.7 Å². The zero-order chi connectivity index (χ0) is 18.7. The minimum absolute atomic E-state index is 0.331. The van der Waals surface area contributed by atoms with Crippen molar-refractivity contribution >= 4 is 38.6 Å². The topological polar surface area (TPSA) is 17.1 Å². The molecule has 0 aliphatic carbocycles. The van der Waals surface area contributed by atoms with Crippen LogP contribution in [-0.2, 0) is 22.4 Å². The molecule has 5 heteroatoms. The molecule has 0 amide bonds. The van der Waals surface area contributed by atoms with Crippen molar-refractivity contribution in [2.45, 2.75) is 22.6 Å². The lowest BCUT2D eigenvalue weighted by Gasteiger charge is -2.15. The summed E-state index contributed by atoms with van der Waals surface area (Å²) in [5.74, 6) is 3.65. The van der Waals surface area contributed by atoms with Crippen molar-refractivity contribution in [2.75, 3.05) is 0 Å². The van der Waals surface area contributed by atoms with E-state index in [9.17, 15) is 8.60 Å². The normalized spacial score (nSPS) is 13.3. The predicted molar refractivity (Wildman–Crippen MR) is 109 cm³/mol. The molecule has 0 fully saturated rings. The van der Waals surface area contributed by atoms with Gasteiger partial charge in [-0.15, -0.1) is 0 Å². The van der Waals surface area contributed by atoms with Gasteiger partial charge in [0.2, 0.25) is 0 Å². The van der Waals surface area contributed by atoms with Crippen molar-refractivity contribution in [2.24, 2.45) is 0 Å². The smallest absolute Gasteiger partial charge is 0.127 e. The molecule has 0 heterocycles. The quantitative estimate of drug-likeness (QED) is 0.471. The van der Waals surface area contributed by atoms with Crippen molar-refractivity contribution < 1.29 is 8.60 Å². The van der Waals surface area contributed by atoms with Gasteiger partial charge in [0.25, 0.3) is 0 Å². The molecular weight excluding hydrogens is 390 g/mol. The Kier molecular flexibility index (Phi) is 5.71. The molecule has 3 aromatic carbocycles. The number of hydrogen-bond donors (Lipinski definition) is 0. The van der Waals surface area contributed by atoms with Gasteiger partial charge in [0.05, 0.1) is 0 Å². The highest BCUT2D eigenvalue weighted by molar-refractivity contribution is 8.00. The van der Waals surface area contributed by atoms with Crippen LogP contribution in [0.1, 0.15) is 11.1 Å². The molecule has 0 bridgehead atoms. The number of aryl methyl sites for hydroxylation is 2. The summed E-state index contributed by atoms with van der Waals surface area (Å²) in [7, 11) is -2.68. The maximum absolute atomic E-state index is 14.0. The molecule has 134 valence electrons. The molecule has 1 unspecified atom stereocenters. The molecule has 1 atom stereocenters. The van der Waals surface area contributed by atoms with E-state index < -0.39 is 9.52 Å². The van der Waals surface area contributed by atoms with Crippen LogP contribution in [0.25, 0.3) is 0 Å². The van der Waals surface area contributed by atoms with Crippen LogP contribution in [0, 0.1) is 5.82 Å². The molecule has 0 spiro atoms. The third kappa shape index (κ3) is 4.12. The van der Waals surface area contributed by atoms with Gasteiger partial charge >= 0.3 is 0 Å². The Morgan fingerprint density at radius 1 is 0.846 bits per heavy atom. The first-order valence-electron chi connectivity index (χ1n) is 8.02. The van der Waals surface area contributed by atoms with E-state index in [0.29, 0.717) is 38.2 Å². The summed E-state index contributed by atoms with van der Waals surface area (Å²) in [6.07, 6.45) is 1.03. The number of benzene rings is 3. The number of rotatable bonds is 5. The fourth-order valence-corrected chi connectivity index (χ4v) is 4.81. The van der Waals surface area contributed by atoms with E-state index >= 15 is 0 Å². The lowest BCUT2D eigenvalue weighted by atomic mass is 10.0. The molecule has 0 aliphatic heterocycles. The first-order chi connectivity index (χ1) is 12.4. The third-order valence-corrected chi connectivity index (χ3v) is 6.83. The maximum Gasteiger partial charge on any atom is 0.127 e. The highest BCUT2D eigenvalue weighted by atomic mass is 35.5. The Labute approximate surface area is 163 Å². The van der Waals surface area contributed by atoms with Crippen molar-refractivity contribution in [3.63, 3.8) is 0 Å². The molecule has 0 aliphatic rings. The van der Waals surface area contributed by atoms with Crippen LogP contribution < -0.4 is 0 Å². The molecule has 3 aromatic rings. The summed E-state index contributed by atoms with van der Waals surface area (Å²) in [6, 6.07) is 19.0. The van der Waals surface area contributed by atoms with E-state index in [0.717, 1.165) is 5.56 Å². The summed E-state index contributed by atoms with van der Waals surface area (Å²) in [5, 5.41) is 0.950. The minimum atomic E-state index is -2.68. The van der Waals surface area contributed by atoms with Crippen molar-refractivity contribution in [3.8, 4) is 0 Å². The van der Waals surface area contributed by atoms with E-state index in [2.05, 4.69) is 5.87 Å². The third-order valence-electron chi connectivity index (χ3n) is 4.20. The maximum atomic E-state index is 14.0. The summed E-state index contributed by atoms with van der Waals surface area (Å²) in [5.41, 5.74) is 1.46. The molecule has 0 saturated carbocycles. The average molecular weight is 407 g/mol. The van der Waals surface area contributed by atoms with E-state index in [1.807, 2.05) is 24.3 Å². The van der Waals surface area contributed by atoms with Gasteiger partial charge in [-0.05, 0) is 72.3 Å². The second kappa shape index (κ2) is 7.83. The van der Waals surface area contributed by atoms with E-state index in [1.165, 1.54) is 6.07 Å². The first kappa shape index (κ1) is 19.0. The fraction of sp³-hybridized carbons (Fsp3) is 0.0952. The van der Waals surface area contributed by atoms with Gasteiger partial charge in [-0.25, -0.2) is 4.39 Å². The van der Waals surface area contributed by atoms with E-state index in [1.54, 1.807) is 36.4 Å². The fourth-order valence-electron chi connectivity index (χ4n) is 2.81. The van der Waals surface area contributed by atoms with Gasteiger partial charge in [-0.1, -0.05) is 47.5 Å². The van der Waals surface area contributed by atoms with Crippen LogP contribution >= 0.6 is 23.2 Å². The van der Waals surface area contributed by atoms with Crippen LogP contribution in [0.15, 0.2) is 76.5 Å². The summed E-state index contributed by atoms with van der Waals surface area (Å²) < 4.78 is 27.4. The standard InChI is InChI=1S/C21H17Cl2FOS/c1-26(25,19-12-10-17(22)11-13-19)21-5-3-2-4-16(21)7-6-15-8-9-18(23)14-20(15)24/h2-5,8-14H,1,6-7H2. The van der Waals surface area contributed by atoms with Gasteiger partial charge in [0.15, 0.2) is 0 Å². The second-order valence-corrected chi connectivity index (χ2v) is 9.11. The van der Waals surface area contributed by atoms with Gasteiger partial charge in [-0.3, -0.25) is 4.21 Å². The van der Waals surface area contributed by atoms with Gasteiger partial charge in [-0.2, -0.15) is 0 Å². The molecule has 0 radical (unpaired) electrons. The Bertz CT molecular complexity index is 1030. The molecular formula is C21H17Cl2FOS. The van der Waals surface area contributed by atoms with Crippen molar-refractivity contribution in [1.29, 1.82) is 0 Å². The van der Waals surface area contributed by atoms with Crippen molar-refractivity contribution in [1.82, 2.24) is 0 Å². The number of hydrogen-bond acceptors (Lipinski definition) is 1. The summed E-state index contributed by atoms with van der Waals surface area (Å²) in [6.45, 7) is 0. The minimum Gasteiger partial charge on any atom is -0.258 e. The number of halogens is 3. The Morgan fingerprint density at radius 2 is 1.46 bits per heavy atom. The second-order valence-electron chi connectivity index (χ2n) is 5.97. The van der Waals surface area contributed by atoms with Crippen LogP contribution in [0.2, 0.25) is 10.0 Å². The predicted octanol–water partition coefficient (Wildman–Crippen LogP) is 6.05. The van der Waals surface area contributed by atoms with Crippen LogP contribution in [-0.4, -0.2) is 10.1 Å². The lowest BCUT2D eigenvalue weighted by Crippen LogP contribution is -2.06. The highest BCUT2D eigenvalue weighted by Crippen LogP contribution is 2.26. The van der Waals surface area contributed by atoms with E-state index in [4.69, 9.17) is 23.2 Å². The molecule has 0 saturated heterocycles. The Balaban J connectivity index is 1.92. The molecule has 0 aromatic heterocycles. The zero-order valence-electron chi connectivity index (χ0n) is 13.9. The first-order valence-corrected chi connectivity index (χ1v) is 10.5. The average Bonchev–Trinajstić information content (AvgIpc) is 2.61. The SMILES string of the molecule is C=S(=O)(c1ccc(Cl)cc1)c1ccccc1CCc1ccc(Cl)cc1F. The van der Waals surface area contributed by atoms with Gasteiger partial charge in [0.1, 0.15) is 5.82 Å². The Morgan fingerprint density at radius 3 is 2.15 bits per heavy atom. The Hall–Kier alpha value is -1.81. The summed E-state index contributed by atoms with van der Waals surface area (Å²) in [4.78, 5) is 1.28. The molecule has 0 N–H and O–H groups in total. The van der Waals surface area contributed by atoms with Crippen LogP contribution in [0.3, 0.4) is 0 Å². The molecule has 1 nitrogen and oxygen atoms in total. The van der Waals surface area contributed by atoms with Gasteiger partial charge in [0, 0.05) is 29.4 Å². The highest BCUT2D eigenvalue weighted by Gasteiger charge is 2.15. The molecule has 3 rings (SSSR count). The summed E-state index contributed by atoms with van der Waals surface area (Å²) >= 11 is 11.7. The molecule has 26 heavy (non-hydrogen) atoms. The monoisotopic (exact) mass is 406 g/mol.